The van der Waals surface area contributed by atoms with Crippen LogP contribution in [0, 0.1) is 22.7 Å². The molecule has 1 aliphatic carbocycles. The van der Waals surface area contributed by atoms with Gasteiger partial charge >= 0.3 is 12.0 Å². The van der Waals surface area contributed by atoms with Gasteiger partial charge in [-0.1, -0.05) is 44.2 Å². The highest BCUT2D eigenvalue weighted by atomic mass is 16.5. The summed E-state index contributed by atoms with van der Waals surface area (Å²) in [6.45, 7) is 4.67. The van der Waals surface area contributed by atoms with Gasteiger partial charge in [-0.05, 0) is 42.6 Å². The lowest BCUT2D eigenvalue weighted by Gasteiger charge is -2.30. The van der Waals surface area contributed by atoms with E-state index in [1.165, 1.54) is 12.0 Å². The first-order chi connectivity index (χ1) is 15.3. The number of likely N-dealkylation sites (tertiary alicyclic amines) is 1. The molecule has 1 saturated heterocycles. The minimum atomic E-state index is -0.765. The van der Waals surface area contributed by atoms with Gasteiger partial charge in [-0.15, -0.1) is 0 Å². The molecule has 1 heterocycles. The average Bonchev–Trinajstić information content (AvgIpc) is 3.42. The molecule has 1 N–H and O–H groups in total. The Bertz CT molecular complexity index is 876. The topological polar surface area (TPSA) is 103 Å². The van der Waals surface area contributed by atoms with E-state index < -0.39 is 24.1 Å². The number of esters is 1. The van der Waals surface area contributed by atoms with E-state index in [4.69, 9.17) is 4.74 Å². The summed E-state index contributed by atoms with van der Waals surface area (Å²) in [6, 6.07) is 9.73. The number of benzene rings is 1. The molecule has 0 radical (unpaired) electrons. The van der Waals surface area contributed by atoms with E-state index in [-0.39, 0.29) is 23.8 Å². The number of nitrogens with one attached hydrogen (secondary N) is 1. The van der Waals surface area contributed by atoms with Gasteiger partial charge in [0.25, 0.3) is 0 Å². The van der Waals surface area contributed by atoms with Gasteiger partial charge in [0.1, 0.15) is 18.6 Å². The largest absolute Gasteiger partial charge is 0.467 e. The van der Waals surface area contributed by atoms with Crippen molar-refractivity contribution in [1.29, 1.82) is 5.26 Å². The minimum Gasteiger partial charge on any atom is -0.467 e. The van der Waals surface area contributed by atoms with Crippen LogP contribution in [0.25, 0.3) is 0 Å². The van der Waals surface area contributed by atoms with Crippen molar-refractivity contribution in [3.63, 3.8) is 0 Å². The molecule has 172 valence electrons. The SMILES string of the molecule is COC(=O)[C@H](CC(C)C)NC(=O)N1CC2(CC2)C[C@H]1C(=O)N(CC#N)Cc1ccccc1. The molecule has 32 heavy (non-hydrogen) atoms. The molecular formula is C24H32N4O4. The molecule has 8 nitrogen and oxygen atoms in total. The first kappa shape index (κ1) is 23.6. The summed E-state index contributed by atoms with van der Waals surface area (Å²) in [5.41, 5.74) is 0.899. The monoisotopic (exact) mass is 440 g/mol. The highest BCUT2D eigenvalue weighted by molar-refractivity contribution is 5.90. The van der Waals surface area contributed by atoms with Crippen LogP contribution in [-0.2, 0) is 20.9 Å². The molecule has 1 aromatic rings. The second-order valence-corrected chi connectivity index (χ2v) is 9.34. The second-order valence-electron chi connectivity index (χ2n) is 9.34. The van der Waals surface area contributed by atoms with Gasteiger partial charge in [0.15, 0.2) is 0 Å². The van der Waals surface area contributed by atoms with Crippen molar-refractivity contribution in [3.8, 4) is 6.07 Å². The Morgan fingerprint density at radius 1 is 1.28 bits per heavy atom. The summed E-state index contributed by atoms with van der Waals surface area (Å²) in [7, 11) is 1.30. The number of ether oxygens (including phenoxy) is 1. The Balaban J connectivity index is 1.77. The van der Waals surface area contributed by atoms with Gasteiger partial charge in [0.2, 0.25) is 5.91 Å². The van der Waals surface area contributed by atoms with Gasteiger partial charge < -0.3 is 19.9 Å². The van der Waals surface area contributed by atoms with Crippen LogP contribution in [0.1, 0.15) is 45.1 Å². The van der Waals surface area contributed by atoms with Crippen LogP contribution in [-0.4, -0.2) is 60.0 Å². The zero-order valence-corrected chi connectivity index (χ0v) is 19.0. The van der Waals surface area contributed by atoms with Crippen molar-refractivity contribution in [2.24, 2.45) is 11.3 Å². The van der Waals surface area contributed by atoms with Crippen LogP contribution in [0.3, 0.4) is 0 Å². The molecule has 2 aliphatic rings. The molecule has 3 rings (SSSR count). The number of amides is 3. The number of rotatable bonds is 8. The maximum absolute atomic E-state index is 13.5. The van der Waals surface area contributed by atoms with Crippen LogP contribution in [0.5, 0.6) is 0 Å². The van der Waals surface area contributed by atoms with Crippen LogP contribution >= 0.6 is 0 Å². The van der Waals surface area contributed by atoms with Crippen molar-refractivity contribution in [2.45, 2.75) is 58.2 Å². The van der Waals surface area contributed by atoms with Crippen LogP contribution in [0.4, 0.5) is 4.79 Å². The Morgan fingerprint density at radius 3 is 2.53 bits per heavy atom. The maximum Gasteiger partial charge on any atom is 0.328 e. The van der Waals surface area contributed by atoms with Crippen molar-refractivity contribution >= 4 is 17.9 Å². The zero-order chi connectivity index (χ0) is 23.3. The summed E-state index contributed by atoms with van der Waals surface area (Å²) in [5.74, 6) is -0.541. The predicted octanol–water partition coefficient (Wildman–Crippen LogP) is 2.69. The van der Waals surface area contributed by atoms with Gasteiger partial charge in [-0.3, -0.25) is 4.79 Å². The molecule has 3 amide bonds. The number of hydrogen-bond acceptors (Lipinski definition) is 5. The predicted molar refractivity (Wildman–Crippen MR) is 118 cm³/mol. The fourth-order valence-corrected chi connectivity index (χ4v) is 4.40. The Labute approximate surface area is 189 Å². The quantitative estimate of drug-likeness (QED) is 0.495. The van der Waals surface area contributed by atoms with Gasteiger partial charge in [0.05, 0.1) is 13.2 Å². The van der Waals surface area contributed by atoms with E-state index in [1.54, 1.807) is 4.90 Å². The van der Waals surface area contributed by atoms with E-state index in [2.05, 4.69) is 11.4 Å². The third-order valence-corrected chi connectivity index (χ3v) is 6.29. The fraction of sp³-hybridized carbons (Fsp3) is 0.583. The van der Waals surface area contributed by atoms with Crippen molar-refractivity contribution < 1.29 is 19.1 Å². The summed E-state index contributed by atoms with van der Waals surface area (Å²) < 4.78 is 4.86. The summed E-state index contributed by atoms with van der Waals surface area (Å²) in [4.78, 5) is 41.9. The van der Waals surface area contributed by atoms with Crippen molar-refractivity contribution in [1.82, 2.24) is 15.1 Å². The Hall–Kier alpha value is -3.08. The normalized spacial score (nSPS) is 19.3. The zero-order valence-electron chi connectivity index (χ0n) is 19.0. The average molecular weight is 441 g/mol. The van der Waals surface area contributed by atoms with Gasteiger partial charge in [-0.25, -0.2) is 9.59 Å². The highest BCUT2D eigenvalue weighted by Gasteiger charge is 2.56. The second kappa shape index (κ2) is 10.0. The lowest BCUT2D eigenvalue weighted by Crippen LogP contribution is -2.54. The van der Waals surface area contributed by atoms with Crippen LogP contribution in [0.2, 0.25) is 0 Å². The van der Waals surface area contributed by atoms with Crippen molar-refractivity contribution in [3.05, 3.63) is 35.9 Å². The molecule has 1 spiro atoms. The van der Waals surface area contributed by atoms with Crippen LogP contribution in [0.15, 0.2) is 30.3 Å². The molecule has 2 atom stereocenters. The highest BCUT2D eigenvalue weighted by Crippen LogP contribution is 2.55. The van der Waals surface area contributed by atoms with Crippen LogP contribution < -0.4 is 5.32 Å². The third kappa shape index (κ3) is 5.58. The van der Waals surface area contributed by atoms with Gasteiger partial charge in [-0.2, -0.15) is 5.26 Å². The number of nitrogens with zero attached hydrogens (tertiary/aromatic N) is 3. The molecule has 1 aliphatic heterocycles. The van der Waals surface area contributed by atoms with E-state index in [1.807, 2.05) is 44.2 Å². The summed E-state index contributed by atoms with van der Waals surface area (Å²) >= 11 is 0. The molecule has 0 aromatic heterocycles. The lowest BCUT2D eigenvalue weighted by molar-refractivity contribution is -0.143. The van der Waals surface area contributed by atoms with E-state index in [9.17, 15) is 19.6 Å². The molecule has 1 saturated carbocycles. The maximum atomic E-state index is 13.5. The third-order valence-electron chi connectivity index (χ3n) is 6.29. The Kier molecular flexibility index (Phi) is 7.39. The molecular weight excluding hydrogens is 408 g/mol. The van der Waals surface area contributed by atoms with Gasteiger partial charge in [0, 0.05) is 13.1 Å². The standard InChI is InChI=1S/C24H32N4O4/c1-17(2)13-19(22(30)32-3)26-23(31)28-16-24(9-10-24)14-20(28)21(29)27(12-11-25)15-18-7-5-4-6-8-18/h4-8,17,19-20H,9-10,12-16H2,1-3H3,(H,26,31)/t19-,20-/m0/s1. The molecule has 2 fully saturated rings. The molecule has 1 aromatic carbocycles. The molecule has 0 bridgehead atoms. The van der Waals surface area contributed by atoms with E-state index >= 15 is 0 Å². The number of carbonyl (C=O) groups is 3. The molecule has 8 heteroatoms. The van der Waals surface area contributed by atoms with E-state index in [0.717, 1.165) is 18.4 Å². The number of urea groups is 1. The lowest BCUT2D eigenvalue weighted by atomic mass is 10.0. The fourth-order valence-electron chi connectivity index (χ4n) is 4.40. The number of nitriles is 1. The number of methoxy groups -OCH3 is 1. The first-order valence-corrected chi connectivity index (χ1v) is 11.1. The molecule has 0 unspecified atom stereocenters. The first-order valence-electron chi connectivity index (χ1n) is 11.1. The van der Waals surface area contributed by atoms with Crippen molar-refractivity contribution in [2.75, 3.05) is 20.2 Å². The Morgan fingerprint density at radius 2 is 1.97 bits per heavy atom. The summed E-state index contributed by atoms with van der Waals surface area (Å²) in [5, 5.41) is 12.1. The number of carbonyl (C=O) groups excluding carboxylic acids is 3. The minimum absolute atomic E-state index is 0.0263. The smallest absolute Gasteiger partial charge is 0.328 e. The number of hydrogen-bond donors (Lipinski definition) is 1. The summed E-state index contributed by atoms with van der Waals surface area (Å²) in [6.07, 6.45) is 2.99. The van der Waals surface area contributed by atoms with E-state index in [0.29, 0.717) is 25.9 Å².